The molecule has 21 heavy (non-hydrogen) atoms. The quantitative estimate of drug-likeness (QED) is 0.750. The molecule has 0 bridgehead atoms. The molecule has 3 unspecified atom stereocenters. The van der Waals surface area contributed by atoms with Crippen molar-refractivity contribution in [3.63, 3.8) is 0 Å². The van der Waals surface area contributed by atoms with E-state index in [2.05, 4.69) is 19.2 Å². The normalized spacial score (nSPS) is 23.0. The Morgan fingerprint density at radius 2 is 2.10 bits per heavy atom. The van der Waals surface area contributed by atoms with Crippen LogP contribution < -0.4 is 11.1 Å². The molecule has 0 aromatic heterocycles. The summed E-state index contributed by atoms with van der Waals surface area (Å²) >= 11 is 0. The van der Waals surface area contributed by atoms with Crippen LogP contribution in [0.2, 0.25) is 0 Å². The summed E-state index contributed by atoms with van der Waals surface area (Å²) in [4.78, 5) is 12.2. The highest BCUT2D eigenvalue weighted by molar-refractivity contribution is 5.85. The molecule has 1 amide bonds. The van der Waals surface area contributed by atoms with Crippen molar-refractivity contribution >= 4 is 18.3 Å². The Kier molecular flexibility index (Phi) is 9.45. The summed E-state index contributed by atoms with van der Waals surface area (Å²) in [7, 11) is 0. The predicted octanol–water partition coefficient (Wildman–Crippen LogP) is 1.87. The molecule has 3 atom stereocenters. The second kappa shape index (κ2) is 9.62. The zero-order valence-electron chi connectivity index (χ0n) is 13.7. The Morgan fingerprint density at radius 3 is 2.57 bits per heavy atom. The maximum atomic E-state index is 12.2. The summed E-state index contributed by atoms with van der Waals surface area (Å²) in [5.41, 5.74) is 5.38. The monoisotopic (exact) mass is 322 g/mol. The highest BCUT2D eigenvalue weighted by Crippen LogP contribution is 2.16. The zero-order valence-corrected chi connectivity index (χ0v) is 14.5. The minimum Gasteiger partial charge on any atom is -0.376 e. The fourth-order valence-electron chi connectivity index (χ4n) is 2.08. The van der Waals surface area contributed by atoms with Gasteiger partial charge in [0.25, 0.3) is 0 Å². The molecule has 0 spiro atoms. The maximum absolute atomic E-state index is 12.2. The third-order valence-corrected chi connectivity index (χ3v) is 4.28. The average molecular weight is 323 g/mol. The summed E-state index contributed by atoms with van der Waals surface area (Å²) in [6, 6.07) is 0. The van der Waals surface area contributed by atoms with E-state index in [0.29, 0.717) is 13.2 Å². The smallest absolute Gasteiger partial charge is 0.249 e. The topological polar surface area (TPSA) is 73.6 Å². The van der Waals surface area contributed by atoms with E-state index >= 15 is 0 Å². The molecule has 126 valence electrons. The molecule has 1 saturated heterocycles. The number of nitrogens with one attached hydrogen (secondary N) is 1. The number of amides is 1. The first kappa shape index (κ1) is 20.6. The minimum atomic E-state index is -0.481. The SMILES string of the molecule is CC(OCC1CCCCO1)C(=O)NC(C)(CN)C(C)C.Cl. The van der Waals surface area contributed by atoms with Crippen molar-refractivity contribution in [1.82, 2.24) is 5.32 Å². The molecular formula is C15H31ClN2O3. The van der Waals surface area contributed by atoms with Crippen LogP contribution in [0.3, 0.4) is 0 Å². The Morgan fingerprint density at radius 1 is 1.43 bits per heavy atom. The highest BCUT2D eigenvalue weighted by Gasteiger charge is 2.30. The van der Waals surface area contributed by atoms with Gasteiger partial charge in [0.1, 0.15) is 6.10 Å². The van der Waals surface area contributed by atoms with Gasteiger partial charge in [-0.15, -0.1) is 12.4 Å². The number of nitrogens with two attached hydrogens (primary N) is 1. The summed E-state index contributed by atoms with van der Waals surface area (Å²) < 4.78 is 11.2. The molecule has 1 heterocycles. The molecule has 1 aliphatic rings. The molecule has 0 aromatic rings. The standard InChI is InChI=1S/C15H30N2O3.ClH/c1-11(2)15(4,10-16)17-14(18)12(3)20-9-13-7-5-6-8-19-13;/h11-13H,5-10,16H2,1-4H3,(H,17,18);1H. The lowest BCUT2D eigenvalue weighted by molar-refractivity contribution is -0.137. The lowest BCUT2D eigenvalue weighted by Gasteiger charge is -2.34. The van der Waals surface area contributed by atoms with Crippen molar-refractivity contribution in [2.45, 2.75) is 64.7 Å². The van der Waals surface area contributed by atoms with Crippen LogP contribution in [-0.2, 0) is 14.3 Å². The van der Waals surface area contributed by atoms with E-state index in [4.69, 9.17) is 15.2 Å². The first-order valence-electron chi connectivity index (χ1n) is 7.64. The van der Waals surface area contributed by atoms with Gasteiger partial charge in [0.2, 0.25) is 5.91 Å². The van der Waals surface area contributed by atoms with Crippen LogP contribution in [0.5, 0.6) is 0 Å². The molecule has 0 saturated carbocycles. The van der Waals surface area contributed by atoms with Gasteiger partial charge in [0.05, 0.1) is 18.2 Å². The zero-order chi connectivity index (χ0) is 15.2. The van der Waals surface area contributed by atoms with Crippen LogP contribution in [-0.4, -0.2) is 43.4 Å². The van der Waals surface area contributed by atoms with Crippen LogP contribution in [0.1, 0.15) is 47.0 Å². The van der Waals surface area contributed by atoms with Gasteiger partial charge >= 0.3 is 0 Å². The number of ether oxygens (including phenoxy) is 2. The van der Waals surface area contributed by atoms with Crippen molar-refractivity contribution < 1.29 is 14.3 Å². The number of hydrogen-bond acceptors (Lipinski definition) is 4. The van der Waals surface area contributed by atoms with Gasteiger partial charge in [0, 0.05) is 13.2 Å². The van der Waals surface area contributed by atoms with Crippen molar-refractivity contribution in [3.05, 3.63) is 0 Å². The summed E-state index contributed by atoms with van der Waals surface area (Å²) in [5.74, 6) is 0.160. The molecule has 6 heteroatoms. The number of rotatable bonds is 7. The Balaban J connectivity index is 0.00000400. The van der Waals surface area contributed by atoms with Gasteiger partial charge in [-0.2, -0.15) is 0 Å². The van der Waals surface area contributed by atoms with E-state index in [1.807, 2.05) is 6.92 Å². The maximum Gasteiger partial charge on any atom is 0.249 e. The van der Waals surface area contributed by atoms with Crippen LogP contribution in [0.25, 0.3) is 0 Å². The Labute approximate surface area is 134 Å². The fourth-order valence-corrected chi connectivity index (χ4v) is 2.08. The van der Waals surface area contributed by atoms with Gasteiger partial charge < -0.3 is 20.5 Å². The second-order valence-electron chi connectivity index (χ2n) is 6.23. The number of hydrogen-bond donors (Lipinski definition) is 2. The number of carbonyl (C=O) groups excluding carboxylic acids is 1. The molecule has 3 N–H and O–H groups in total. The van der Waals surface area contributed by atoms with E-state index in [1.165, 1.54) is 6.42 Å². The van der Waals surface area contributed by atoms with Crippen LogP contribution in [0, 0.1) is 5.92 Å². The molecule has 1 aliphatic heterocycles. The van der Waals surface area contributed by atoms with Gasteiger partial charge in [-0.1, -0.05) is 13.8 Å². The van der Waals surface area contributed by atoms with Crippen LogP contribution in [0.4, 0.5) is 0 Å². The Hall–Kier alpha value is -0.360. The highest BCUT2D eigenvalue weighted by atomic mass is 35.5. The second-order valence-corrected chi connectivity index (χ2v) is 6.23. The fraction of sp³-hybridized carbons (Fsp3) is 0.933. The largest absolute Gasteiger partial charge is 0.376 e. The van der Waals surface area contributed by atoms with Crippen LogP contribution >= 0.6 is 12.4 Å². The summed E-state index contributed by atoms with van der Waals surface area (Å²) in [5, 5.41) is 3.00. The molecule has 0 aromatic carbocycles. The van der Waals surface area contributed by atoms with Crippen molar-refractivity contribution in [3.8, 4) is 0 Å². The van der Waals surface area contributed by atoms with Crippen molar-refractivity contribution in [1.29, 1.82) is 0 Å². The van der Waals surface area contributed by atoms with Crippen molar-refractivity contribution in [2.75, 3.05) is 19.8 Å². The number of halogens is 1. The number of carbonyl (C=O) groups is 1. The van der Waals surface area contributed by atoms with E-state index < -0.39 is 11.6 Å². The van der Waals surface area contributed by atoms with Gasteiger partial charge in [-0.3, -0.25) is 4.79 Å². The molecule has 0 aliphatic carbocycles. The predicted molar refractivity (Wildman–Crippen MR) is 86.7 cm³/mol. The molecule has 5 nitrogen and oxygen atoms in total. The lowest BCUT2D eigenvalue weighted by Crippen LogP contribution is -2.57. The van der Waals surface area contributed by atoms with E-state index in [1.54, 1.807) is 6.92 Å². The molecular weight excluding hydrogens is 292 g/mol. The molecule has 1 fully saturated rings. The third kappa shape index (κ3) is 6.51. The van der Waals surface area contributed by atoms with E-state index in [-0.39, 0.29) is 30.3 Å². The molecule has 1 rings (SSSR count). The van der Waals surface area contributed by atoms with Crippen LogP contribution in [0.15, 0.2) is 0 Å². The van der Waals surface area contributed by atoms with Crippen molar-refractivity contribution in [2.24, 2.45) is 11.7 Å². The van der Waals surface area contributed by atoms with Gasteiger partial charge in [-0.25, -0.2) is 0 Å². The van der Waals surface area contributed by atoms with E-state index in [0.717, 1.165) is 19.4 Å². The summed E-state index contributed by atoms with van der Waals surface area (Å²) in [6.45, 7) is 9.53. The minimum absolute atomic E-state index is 0. The first-order chi connectivity index (χ1) is 9.39. The average Bonchev–Trinajstić information content (AvgIpc) is 2.45. The Bertz CT molecular complexity index is 309. The first-order valence-corrected chi connectivity index (χ1v) is 7.64. The molecule has 0 radical (unpaired) electrons. The van der Waals surface area contributed by atoms with Gasteiger partial charge in [-0.05, 0) is 39.0 Å². The lowest BCUT2D eigenvalue weighted by atomic mass is 9.88. The van der Waals surface area contributed by atoms with E-state index in [9.17, 15) is 4.79 Å². The van der Waals surface area contributed by atoms with Gasteiger partial charge in [0.15, 0.2) is 0 Å². The summed E-state index contributed by atoms with van der Waals surface area (Å²) in [6.07, 6.45) is 2.96. The third-order valence-electron chi connectivity index (χ3n) is 4.28.